The van der Waals surface area contributed by atoms with Crippen LogP contribution >= 0.6 is 0 Å². The lowest BCUT2D eigenvalue weighted by molar-refractivity contribution is 0.0948. The molecule has 2 aromatic heterocycles. The molecule has 0 saturated heterocycles. The van der Waals surface area contributed by atoms with Gasteiger partial charge in [-0.3, -0.25) is 4.79 Å². The fourth-order valence-corrected chi connectivity index (χ4v) is 3.58. The predicted molar refractivity (Wildman–Crippen MR) is 124 cm³/mol. The lowest BCUT2D eigenvalue weighted by Gasteiger charge is -2.09. The van der Waals surface area contributed by atoms with Gasteiger partial charge in [0.25, 0.3) is 5.91 Å². The highest BCUT2D eigenvalue weighted by Gasteiger charge is 2.13. The molecule has 4 rings (SSSR count). The molecule has 0 spiro atoms. The summed E-state index contributed by atoms with van der Waals surface area (Å²) < 4.78 is 8.98. The highest BCUT2D eigenvalue weighted by atomic mass is 16.5. The van der Waals surface area contributed by atoms with Crippen molar-refractivity contribution >= 4 is 5.91 Å². The number of ether oxygens (including phenoxy) is 1. The number of nitrogens with one attached hydrogen (secondary N) is 1. The van der Waals surface area contributed by atoms with Crippen LogP contribution in [0.1, 0.15) is 33.7 Å². The second kappa shape index (κ2) is 9.51. The van der Waals surface area contributed by atoms with Crippen LogP contribution in [0.25, 0.3) is 11.4 Å². The van der Waals surface area contributed by atoms with Gasteiger partial charge in [-0.15, -0.1) is 0 Å². The zero-order valence-corrected chi connectivity index (χ0v) is 18.6. The summed E-state index contributed by atoms with van der Waals surface area (Å²) in [6.07, 6.45) is 5.49. The Kier molecular flexibility index (Phi) is 6.35. The zero-order chi connectivity index (χ0) is 22.5. The second-order valence-corrected chi connectivity index (χ2v) is 7.70. The quantitative estimate of drug-likeness (QED) is 0.429. The molecule has 0 aliphatic heterocycles. The van der Waals surface area contributed by atoms with Gasteiger partial charge < -0.3 is 10.1 Å². The van der Waals surface area contributed by atoms with Crippen molar-refractivity contribution in [2.45, 2.75) is 26.7 Å². The molecule has 7 nitrogen and oxygen atoms in total. The average molecular weight is 430 g/mol. The number of nitrogens with zero attached hydrogens (tertiary/aromatic N) is 4. The Morgan fingerprint density at radius 1 is 1.03 bits per heavy atom. The Labute approximate surface area is 187 Å². The highest BCUT2D eigenvalue weighted by molar-refractivity contribution is 5.92. The molecule has 0 saturated carbocycles. The van der Waals surface area contributed by atoms with Crippen molar-refractivity contribution < 1.29 is 9.53 Å². The molecule has 164 valence electrons. The van der Waals surface area contributed by atoms with E-state index in [1.54, 1.807) is 24.1 Å². The number of aryl methyl sites for hydroxylation is 3. The van der Waals surface area contributed by atoms with Gasteiger partial charge in [-0.2, -0.15) is 10.2 Å². The summed E-state index contributed by atoms with van der Waals surface area (Å²) in [5.41, 5.74) is 5.49. The first-order valence-electron chi connectivity index (χ1n) is 10.6. The molecule has 0 aliphatic carbocycles. The number of carbonyl (C=O) groups excluding carboxylic acids is 1. The molecular weight excluding hydrogens is 402 g/mol. The van der Waals surface area contributed by atoms with Gasteiger partial charge in [-0.05, 0) is 68.1 Å². The second-order valence-electron chi connectivity index (χ2n) is 7.70. The van der Waals surface area contributed by atoms with Gasteiger partial charge in [0.2, 0.25) is 0 Å². The highest BCUT2D eigenvalue weighted by Crippen LogP contribution is 2.23. The minimum absolute atomic E-state index is 0.188. The molecule has 1 N–H and O–H groups in total. The molecule has 0 unspecified atom stereocenters. The Morgan fingerprint density at radius 2 is 1.84 bits per heavy atom. The molecule has 0 radical (unpaired) electrons. The summed E-state index contributed by atoms with van der Waals surface area (Å²) in [5.74, 6) is 0.518. The lowest BCUT2D eigenvalue weighted by atomic mass is 10.1. The number of aromatic nitrogens is 4. The van der Waals surface area contributed by atoms with Gasteiger partial charge in [-0.1, -0.05) is 24.3 Å². The largest absolute Gasteiger partial charge is 0.494 e. The van der Waals surface area contributed by atoms with E-state index in [9.17, 15) is 4.79 Å². The molecule has 1 amide bonds. The van der Waals surface area contributed by atoms with Crippen molar-refractivity contribution in [3.63, 3.8) is 0 Å². The number of carbonyl (C=O) groups is 1. The monoisotopic (exact) mass is 429 g/mol. The first-order chi connectivity index (χ1) is 15.5. The number of benzene rings is 2. The van der Waals surface area contributed by atoms with Crippen LogP contribution in [-0.4, -0.2) is 39.1 Å². The van der Waals surface area contributed by atoms with E-state index >= 15 is 0 Å². The standard InChI is InChI=1S/C25H27N5O2/c1-18-11-12-24(32-3)23(16-18)29-15-13-22(28-29)25(31)26-14-7-8-20-17-30(27-19(20)2)21-9-5-4-6-10-21/h4-6,9-13,15-17H,7-8,14H2,1-3H3,(H,26,31). The van der Waals surface area contributed by atoms with Crippen molar-refractivity contribution in [2.75, 3.05) is 13.7 Å². The Bertz CT molecular complexity index is 1210. The van der Waals surface area contributed by atoms with E-state index in [2.05, 4.69) is 21.7 Å². The topological polar surface area (TPSA) is 74.0 Å². The zero-order valence-electron chi connectivity index (χ0n) is 18.6. The number of methoxy groups -OCH3 is 1. The van der Waals surface area contributed by atoms with E-state index in [1.165, 1.54) is 5.56 Å². The van der Waals surface area contributed by atoms with E-state index in [0.717, 1.165) is 35.5 Å². The van der Waals surface area contributed by atoms with Gasteiger partial charge in [-0.25, -0.2) is 9.36 Å². The molecule has 0 bridgehead atoms. The summed E-state index contributed by atoms with van der Waals surface area (Å²) >= 11 is 0. The third-order valence-corrected chi connectivity index (χ3v) is 5.33. The summed E-state index contributed by atoms with van der Waals surface area (Å²) in [6, 6.07) is 17.6. The minimum atomic E-state index is -0.188. The first-order valence-corrected chi connectivity index (χ1v) is 10.6. The van der Waals surface area contributed by atoms with E-state index in [0.29, 0.717) is 18.0 Å². The maximum atomic E-state index is 12.5. The van der Waals surface area contributed by atoms with Crippen molar-refractivity contribution in [1.29, 1.82) is 0 Å². The molecule has 7 heteroatoms. The number of hydrogen-bond donors (Lipinski definition) is 1. The maximum Gasteiger partial charge on any atom is 0.271 e. The summed E-state index contributed by atoms with van der Waals surface area (Å²) in [5, 5.41) is 12.0. The van der Waals surface area contributed by atoms with Gasteiger partial charge >= 0.3 is 0 Å². The minimum Gasteiger partial charge on any atom is -0.494 e. The predicted octanol–water partition coefficient (Wildman–Crippen LogP) is 4.05. The Morgan fingerprint density at radius 3 is 2.62 bits per heavy atom. The maximum absolute atomic E-state index is 12.5. The molecule has 0 fully saturated rings. The van der Waals surface area contributed by atoms with Crippen molar-refractivity contribution in [3.05, 3.63) is 89.5 Å². The van der Waals surface area contributed by atoms with Crippen LogP contribution in [0, 0.1) is 13.8 Å². The van der Waals surface area contributed by atoms with E-state index in [4.69, 9.17) is 4.74 Å². The van der Waals surface area contributed by atoms with E-state index in [-0.39, 0.29) is 5.91 Å². The first kappa shape index (κ1) is 21.4. The van der Waals surface area contributed by atoms with Crippen LogP contribution in [-0.2, 0) is 6.42 Å². The van der Waals surface area contributed by atoms with Gasteiger partial charge in [0.05, 0.1) is 18.5 Å². The average Bonchev–Trinajstić information content (AvgIpc) is 3.44. The van der Waals surface area contributed by atoms with Crippen molar-refractivity contribution in [1.82, 2.24) is 24.9 Å². The van der Waals surface area contributed by atoms with Gasteiger partial charge in [0, 0.05) is 18.9 Å². The van der Waals surface area contributed by atoms with Gasteiger partial charge in [0.1, 0.15) is 11.4 Å². The number of para-hydroxylation sites is 1. The van der Waals surface area contributed by atoms with Gasteiger partial charge in [0.15, 0.2) is 5.69 Å². The third kappa shape index (κ3) is 4.72. The van der Waals surface area contributed by atoms with Crippen LogP contribution in [0.15, 0.2) is 67.0 Å². The van der Waals surface area contributed by atoms with E-state index in [1.807, 2.05) is 67.1 Å². The fraction of sp³-hybridized carbons (Fsp3) is 0.240. The van der Waals surface area contributed by atoms with Crippen molar-refractivity contribution in [2.24, 2.45) is 0 Å². The number of hydrogen-bond acceptors (Lipinski definition) is 4. The van der Waals surface area contributed by atoms with Crippen LogP contribution < -0.4 is 10.1 Å². The molecule has 32 heavy (non-hydrogen) atoms. The molecule has 0 atom stereocenters. The summed E-state index contributed by atoms with van der Waals surface area (Å²) in [4.78, 5) is 12.5. The number of rotatable bonds is 8. The number of amides is 1. The molecule has 0 aliphatic rings. The molecule has 4 aromatic rings. The van der Waals surface area contributed by atoms with Crippen molar-refractivity contribution in [3.8, 4) is 17.1 Å². The smallest absolute Gasteiger partial charge is 0.271 e. The Balaban J connectivity index is 1.33. The SMILES string of the molecule is COc1ccc(C)cc1-n1ccc(C(=O)NCCCc2cn(-c3ccccc3)nc2C)n1. The third-order valence-electron chi connectivity index (χ3n) is 5.33. The van der Waals surface area contributed by atoms with Crippen LogP contribution in [0.2, 0.25) is 0 Å². The van der Waals surface area contributed by atoms with Crippen LogP contribution in [0.3, 0.4) is 0 Å². The molecule has 2 aromatic carbocycles. The lowest BCUT2D eigenvalue weighted by Crippen LogP contribution is -2.25. The Hall–Kier alpha value is -3.87. The molecular formula is C25H27N5O2. The summed E-state index contributed by atoms with van der Waals surface area (Å²) in [7, 11) is 1.62. The van der Waals surface area contributed by atoms with E-state index < -0.39 is 0 Å². The summed E-state index contributed by atoms with van der Waals surface area (Å²) in [6.45, 7) is 4.58. The molecule has 2 heterocycles. The van der Waals surface area contributed by atoms with Crippen LogP contribution in [0.5, 0.6) is 5.75 Å². The van der Waals surface area contributed by atoms with Crippen LogP contribution in [0.4, 0.5) is 0 Å². The normalized spacial score (nSPS) is 10.8. The fourth-order valence-electron chi connectivity index (χ4n) is 3.58.